The van der Waals surface area contributed by atoms with Gasteiger partial charge in [-0.3, -0.25) is 4.79 Å². The molecule has 0 saturated carbocycles. The number of carbonyl (C=O) groups excluding carboxylic acids is 1. The van der Waals surface area contributed by atoms with Gasteiger partial charge in [-0.05, 0) is 36.4 Å². The second-order valence-corrected chi connectivity index (χ2v) is 6.45. The van der Waals surface area contributed by atoms with Crippen LogP contribution in [0.25, 0.3) is 10.9 Å². The minimum Gasteiger partial charge on any atom is -0.490 e. The van der Waals surface area contributed by atoms with Crippen LogP contribution in [0.1, 0.15) is 10.5 Å². The number of imidazole rings is 1. The van der Waals surface area contributed by atoms with Crippen molar-refractivity contribution in [2.45, 2.75) is 6.54 Å². The molecule has 2 heterocycles. The first-order valence-corrected chi connectivity index (χ1v) is 8.84. The zero-order valence-corrected chi connectivity index (χ0v) is 15.1. The van der Waals surface area contributed by atoms with Crippen molar-refractivity contribution in [3.8, 4) is 5.75 Å². The van der Waals surface area contributed by atoms with Crippen molar-refractivity contribution < 1.29 is 9.53 Å². The van der Waals surface area contributed by atoms with Gasteiger partial charge in [-0.1, -0.05) is 23.7 Å². The van der Waals surface area contributed by atoms with Gasteiger partial charge in [0, 0.05) is 28.3 Å². The van der Waals surface area contributed by atoms with Gasteiger partial charge in [0.1, 0.15) is 18.1 Å². The van der Waals surface area contributed by atoms with Crippen LogP contribution in [0.15, 0.2) is 67.3 Å². The summed E-state index contributed by atoms with van der Waals surface area (Å²) in [6.45, 7) is 1.14. The Labute approximate surface area is 160 Å². The number of aromatic amines is 1. The molecule has 0 atom stereocenters. The number of para-hydroxylation sites is 2. The molecule has 2 N–H and O–H groups in total. The Bertz CT molecular complexity index is 1070. The van der Waals surface area contributed by atoms with E-state index in [1.165, 1.54) is 0 Å². The Hall–Kier alpha value is -3.25. The quantitative estimate of drug-likeness (QED) is 0.522. The third kappa shape index (κ3) is 3.96. The highest BCUT2D eigenvalue weighted by Crippen LogP contribution is 2.25. The van der Waals surface area contributed by atoms with Gasteiger partial charge in [0.25, 0.3) is 5.91 Å². The second-order valence-electron chi connectivity index (χ2n) is 6.01. The number of hydrogen-bond acceptors (Lipinski definition) is 3. The van der Waals surface area contributed by atoms with Crippen molar-refractivity contribution in [1.29, 1.82) is 0 Å². The Balaban J connectivity index is 1.47. The van der Waals surface area contributed by atoms with E-state index in [0.29, 0.717) is 35.3 Å². The lowest BCUT2D eigenvalue weighted by molar-refractivity contribution is 0.102. The van der Waals surface area contributed by atoms with Crippen LogP contribution >= 0.6 is 11.6 Å². The first-order valence-electron chi connectivity index (χ1n) is 8.46. The number of anilines is 1. The molecular weight excluding hydrogens is 364 g/mol. The van der Waals surface area contributed by atoms with E-state index in [9.17, 15) is 4.79 Å². The molecule has 2 aromatic carbocycles. The fraction of sp³-hybridized carbons (Fsp3) is 0.100. The number of aromatic nitrogens is 3. The number of halogens is 1. The topological polar surface area (TPSA) is 71.9 Å². The molecule has 0 bridgehead atoms. The molecule has 2 aromatic heterocycles. The van der Waals surface area contributed by atoms with E-state index in [1.807, 2.05) is 47.2 Å². The summed E-state index contributed by atoms with van der Waals surface area (Å²) in [5, 5.41) is 4.42. The highest BCUT2D eigenvalue weighted by atomic mass is 35.5. The number of nitrogens with zero attached hydrogens (tertiary/aromatic N) is 2. The highest BCUT2D eigenvalue weighted by Gasteiger charge is 2.12. The number of hydrogen-bond donors (Lipinski definition) is 2. The Kier molecular flexibility index (Phi) is 4.80. The third-order valence-electron chi connectivity index (χ3n) is 4.13. The minimum absolute atomic E-state index is 0.243. The average Bonchev–Trinajstić information content (AvgIpc) is 3.32. The molecule has 6 nitrogen and oxygen atoms in total. The van der Waals surface area contributed by atoms with Crippen LogP contribution in [0.4, 0.5) is 5.69 Å². The van der Waals surface area contributed by atoms with Crippen LogP contribution in [0, 0.1) is 0 Å². The van der Waals surface area contributed by atoms with E-state index in [1.54, 1.807) is 24.7 Å². The SMILES string of the molecule is O=C(Nc1ccccc1OCCn1ccnc1)c1cc2cc(Cl)ccc2[nH]1. The number of H-pyrrole nitrogens is 1. The molecule has 4 rings (SSSR count). The fourth-order valence-corrected chi connectivity index (χ4v) is 2.97. The highest BCUT2D eigenvalue weighted by molar-refractivity contribution is 6.31. The number of amides is 1. The number of nitrogens with one attached hydrogen (secondary N) is 2. The van der Waals surface area contributed by atoms with Gasteiger partial charge in [-0.15, -0.1) is 0 Å². The van der Waals surface area contributed by atoms with Crippen molar-refractivity contribution >= 4 is 34.1 Å². The molecule has 27 heavy (non-hydrogen) atoms. The molecule has 0 unspecified atom stereocenters. The number of benzene rings is 2. The molecule has 1 amide bonds. The summed E-state index contributed by atoms with van der Waals surface area (Å²) < 4.78 is 7.76. The summed E-state index contributed by atoms with van der Waals surface area (Å²) in [6.07, 6.45) is 5.33. The second kappa shape index (κ2) is 7.55. The first kappa shape index (κ1) is 17.2. The molecule has 0 aliphatic heterocycles. The molecule has 4 aromatic rings. The van der Waals surface area contributed by atoms with Gasteiger partial charge >= 0.3 is 0 Å². The van der Waals surface area contributed by atoms with Crippen molar-refractivity contribution in [3.63, 3.8) is 0 Å². The normalized spacial score (nSPS) is 10.9. The van der Waals surface area contributed by atoms with Gasteiger partial charge in [-0.2, -0.15) is 0 Å². The van der Waals surface area contributed by atoms with Crippen LogP contribution in [0.2, 0.25) is 5.02 Å². The van der Waals surface area contributed by atoms with Crippen LogP contribution in [-0.2, 0) is 6.54 Å². The Morgan fingerprint density at radius 1 is 1.22 bits per heavy atom. The summed E-state index contributed by atoms with van der Waals surface area (Å²) in [6, 6.07) is 14.6. The van der Waals surface area contributed by atoms with Crippen molar-refractivity contribution in [3.05, 3.63) is 78.0 Å². The van der Waals surface area contributed by atoms with Crippen LogP contribution in [0.3, 0.4) is 0 Å². The summed E-state index contributed by atoms with van der Waals surface area (Å²) in [7, 11) is 0. The predicted molar refractivity (Wildman–Crippen MR) is 105 cm³/mol. The van der Waals surface area contributed by atoms with Gasteiger partial charge < -0.3 is 19.6 Å². The van der Waals surface area contributed by atoms with Gasteiger partial charge in [-0.25, -0.2) is 4.98 Å². The molecular formula is C20H17ClN4O2. The third-order valence-corrected chi connectivity index (χ3v) is 4.36. The van der Waals surface area contributed by atoms with Gasteiger partial charge in [0.15, 0.2) is 0 Å². The monoisotopic (exact) mass is 380 g/mol. The maximum absolute atomic E-state index is 12.6. The number of ether oxygens (including phenoxy) is 1. The molecule has 0 aliphatic rings. The summed E-state index contributed by atoms with van der Waals surface area (Å²) in [4.78, 5) is 19.7. The van der Waals surface area contributed by atoms with E-state index >= 15 is 0 Å². The van der Waals surface area contributed by atoms with Crippen molar-refractivity contribution in [2.75, 3.05) is 11.9 Å². The fourth-order valence-electron chi connectivity index (χ4n) is 2.79. The van der Waals surface area contributed by atoms with Crippen LogP contribution < -0.4 is 10.1 Å². The van der Waals surface area contributed by atoms with Gasteiger partial charge in [0.2, 0.25) is 0 Å². The van der Waals surface area contributed by atoms with E-state index in [2.05, 4.69) is 15.3 Å². The number of carbonyl (C=O) groups is 1. The van der Waals surface area contributed by atoms with Crippen molar-refractivity contribution in [1.82, 2.24) is 14.5 Å². The maximum atomic E-state index is 12.6. The lowest BCUT2D eigenvalue weighted by Crippen LogP contribution is -2.14. The van der Waals surface area contributed by atoms with E-state index < -0.39 is 0 Å². The average molecular weight is 381 g/mol. The summed E-state index contributed by atoms with van der Waals surface area (Å²) >= 11 is 6.01. The van der Waals surface area contributed by atoms with E-state index in [0.717, 1.165) is 10.9 Å². The summed E-state index contributed by atoms with van der Waals surface area (Å²) in [5.41, 5.74) is 1.93. The standard InChI is InChI=1S/C20H17ClN4O2/c21-15-5-6-16-14(11-15)12-18(23-16)20(26)24-17-3-1-2-4-19(17)27-10-9-25-8-7-22-13-25/h1-8,11-13,23H,9-10H2,(H,24,26). The van der Waals surface area contributed by atoms with E-state index in [4.69, 9.17) is 16.3 Å². The Morgan fingerprint density at radius 2 is 2.11 bits per heavy atom. The molecule has 0 radical (unpaired) electrons. The van der Waals surface area contributed by atoms with Crippen molar-refractivity contribution in [2.24, 2.45) is 0 Å². The van der Waals surface area contributed by atoms with E-state index in [-0.39, 0.29) is 5.91 Å². The number of fused-ring (bicyclic) bond motifs is 1. The predicted octanol–water partition coefficient (Wildman–Crippen LogP) is 4.35. The zero-order valence-electron chi connectivity index (χ0n) is 14.4. The molecule has 0 saturated heterocycles. The lowest BCUT2D eigenvalue weighted by atomic mass is 10.2. The van der Waals surface area contributed by atoms with Crippen LogP contribution in [-0.4, -0.2) is 27.0 Å². The summed E-state index contributed by atoms with van der Waals surface area (Å²) in [5.74, 6) is 0.373. The number of rotatable bonds is 6. The molecule has 0 fully saturated rings. The molecule has 7 heteroatoms. The maximum Gasteiger partial charge on any atom is 0.272 e. The molecule has 136 valence electrons. The Morgan fingerprint density at radius 3 is 2.96 bits per heavy atom. The zero-order chi connectivity index (χ0) is 18.6. The van der Waals surface area contributed by atoms with Gasteiger partial charge in [0.05, 0.1) is 18.6 Å². The minimum atomic E-state index is -0.243. The molecule has 0 spiro atoms. The lowest BCUT2D eigenvalue weighted by Gasteiger charge is -2.12. The molecule has 0 aliphatic carbocycles. The largest absolute Gasteiger partial charge is 0.490 e. The first-order chi connectivity index (χ1) is 13.2. The smallest absolute Gasteiger partial charge is 0.272 e. The van der Waals surface area contributed by atoms with Crippen LogP contribution in [0.5, 0.6) is 5.75 Å².